The molecule has 0 spiro atoms. The quantitative estimate of drug-likeness (QED) is 0.507. The molecule has 0 atom stereocenters. The second-order valence-electron chi connectivity index (χ2n) is 2.49. The van der Waals surface area contributed by atoms with Crippen LogP contribution in [0.25, 0.3) is 0 Å². The Hall–Kier alpha value is -1.83. The van der Waals surface area contributed by atoms with Gasteiger partial charge >= 0.3 is 5.97 Å². The van der Waals surface area contributed by atoms with Gasteiger partial charge in [0.25, 0.3) is 5.91 Å². The van der Waals surface area contributed by atoms with Gasteiger partial charge in [0.15, 0.2) is 0 Å². The van der Waals surface area contributed by atoms with Crippen molar-refractivity contribution in [2.45, 2.75) is 26.2 Å². The second kappa shape index (κ2) is 10.3. The van der Waals surface area contributed by atoms with Gasteiger partial charge in [-0.25, -0.2) is 4.79 Å². The van der Waals surface area contributed by atoms with E-state index in [4.69, 9.17) is 11.2 Å². The summed E-state index contributed by atoms with van der Waals surface area (Å²) in [7, 11) is 1.40. The van der Waals surface area contributed by atoms with Crippen molar-refractivity contribution in [3.63, 3.8) is 0 Å². The van der Waals surface area contributed by atoms with Crippen LogP contribution in [-0.4, -0.2) is 30.8 Å². The Morgan fingerprint density at radius 3 is 2.40 bits per heavy atom. The highest BCUT2D eigenvalue weighted by Gasteiger charge is 2.11. The molecule has 0 radical (unpaired) electrons. The Balaban J connectivity index is 0. The van der Waals surface area contributed by atoms with Crippen LogP contribution in [0.15, 0.2) is 0 Å². The van der Waals surface area contributed by atoms with Crippen molar-refractivity contribution in [3.05, 3.63) is 0 Å². The zero-order valence-electron chi connectivity index (χ0n) is 8.99. The van der Waals surface area contributed by atoms with E-state index in [2.05, 4.69) is 10.8 Å². The van der Waals surface area contributed by atoms with E-state index in [0.29, 0.717) is 6.42 Å². The average molecular weight is 213 g/mol. The molecule has 0 aromatic carbocycles. The SMILES string of the molecule is C#CCC(=O)ON(C)C(=O)CCC.C=O. The van der Waals surface area contributed by atoms with Crippen molar-refractivity contribution < 1.29 is 19.2 Å². The maximum absolute atomic E-state index is 11.1. The predicted molar refractivity (Wildman–Crippen MR) is 54.3 cm³/mol. The summed E-state index contributed by atoms with van der Waals surface area (Å²) in [5.41, 5.74) is 0. The van der Waals surface area contributed by atoms with Gasteiger partial charge in [0, 0.05) is 13.5 Å². The summed E-state index contributed by atoms with van der Waals surface area (Å²) in [4.78, 5) is 34.5. The molecule has 0 saturated heterocycles. The molecule has 0 aliphatic carbocycles. The van der Waals surface area contributed by atoms with Gasteiger partial charge in [0.1, 0.15) is 13.2 Å². The lowest BCUT2D eigenvalue weighted by Gasteiger charge is -2.14. The predicted octanol–water partition coefficient (Wildman–Crippen LogP) is 0.541. The highest BCUT2D eigenvalue weighted by Crippen LogP contribution is 1.97. The van der Waals surface area contributed by atoms with Crippen LogP contribution >= 0.6 is 0 Å². The monoisotopic (exact) mass is 213 g/mol. The minimum absolute atomic E-state index is 0.121. The maximum atomic E-state index is 11.1. The topological polar surface area (TPSA) is 63.7 Å². The molecule has 0 N–H and O–H groups in total. The minimum Gasteiger partial charge on any atom is -0.337 e. The molecule has 0 bridgehead atoms. The number of carbonyl (C=O) groups is 3. The largest absolute Gasteiger partial charge is 0.344 e. The van der Waals surface area contributed by atoms with Crippen molar-refractivity contribution in [1.82, 2.24) is 5.06 Å². The summed E-state index contributed by atoms with van der Waals surface area (Å²) in [5.74, 6) is 1.31. The molecule has 0 aromatic rings. The molecule has 1 amide bonds. The fraction of sp³-hybridized carbons (Fsp3) is 0.500. The summed E-state index contributed by atoms with van der Waals surface area (Å²) in [6.07, 6.45) is 5.84. The average Bonchev–Trinajstić information content (AvgIpc) is 2.21. The number of hydroxylamine groups is 2. The fourth-order valence-electron chi connectivity index (χ4n) is 0.691. The Kier molecular flexibility index (Phi) is 10.7. The standard InChI is InChI=1S/C9H13NO3.CH2O/c1-4-6-8(11)10(3)13-9(12)7-5-2;1-2/h2H,4,6-7H2,1,3H3;1H2. The lowest BCUT2D eigenvalue weighted by Crippen LogP contribution is -2.29. The van der Waals surface area contributed by atoms with Crippen LogP contribution in [0.4, 0.5) is 0 Å². The molecule has 0 aromatic heterocycles. The van der Waals surface area contributed by atoms with Crippen molar-refractivity contribution in [2.75, 3.05) is 7.05 Å². The van der Waals surface area contributed by atoms with Gasteiger partial charge in [0.05, 0.1) is 0 Å². The lowest BCUT2D eigenvalue weighted by molar-refractivity contribution is -0.191. The Morgan fingerprint density at radius 2 is 2.00 bits per heavy atom. The molecule has 0 heterocycles. The van der Waals surface area contributed by atoms with Crippen molar-refractivity contribution >= 4 is 18.7 Å². The second-order valence-corrected chi connectivity index (χ2v) is 2.49. The van der Waals surface area contributed by atoms with E-state index in [1.807, 2.05) is 13.7 Å². The van der Waals surface area contributed by atoms with Crippen LogP contribution in [0.3, 0.4) is 0 Å². The molecule has 0 rings (SSSR count). The molecular formula is C10H15NO4. The minimum atomic E-state index is -0.588. The molecule has 0 aliphatic heterocycles. The number of rotatable bonds is 3. The summed E-state index contributed by atoms with van der Waals surface area (Å²) in [6.45, 7) is 3.87. The van der Waals surface area contributed by atoms with Gasteiger partial charge in [-0.3, -0.25) is 4.79 Å². The van der Waals surface area contributed by atoms with E-state index in [0.717, 1.165) is 11.5 Å². The Labute approximate surface area is 89.3 Å². The molecule has 15 heavy (non-hydrogen) atoms. The van der Waals surface area contributed by atoms with Gasteiger partial charge in [-0.1, -0.05) is 12.8 Å². The van der Waals surface area contributed by atoms with Gasteiger partial charge in [-0.05, 0) is 6.42 Å². The van der Waals surface area contributed by atoms with Crippen LogP contribution in [0.2, 0.25) is 0 Å². The first kappa shape index (κ1) is 15.6. The molecule has 0 saturated carbocycles. The zero-order chi connectivity index (χ0) is 12.3. The molecular weight excluding hydrogens is 198 g/mol. The molecule has 5 heteroatoms. The van der Waals surface area contributed by atoms with Crippen molar-refractivity contribution in [3.8, 4) is 12.3 Å². The van der Waals surface area contributed by atoms with Crippen molar-refractivity contribution in [1.29, 1.82) is 0 Å². The third kappa shape index (κ3) is 8.50. The van der Waals surface area contributed by atoms with Gasteiger partial charge in [0.2, 0.25) is 0 Å². The number of amides is 1. The normalized spacial score (nSPS) is 7.80. The van der Waals surface area contributed by atoms with Crippen LogP contribution in [-0.2, 0) is 19.2 Å². The summed E-state index contributed by atoms with van der Waals surface area (Å²) < 4.78 is 0. The highest BCUT2D eigenvalue weighted by atomic mass is 16.7. The molecule has 0 unspecified atom stereocenters. The van der Waals surface area contributed by atoms with E-state index in [9.17, 15) is 9.59 Å². The molecule has 0 aliphatic rings. The number of carbonyl (C=O) groups excluding carboxylic acids is 3. The van der Waals surface area contributed by atoms with Crippen LogP contribution < -0.4 is 0 Å². The zero-order valence-corrected chi connectivity index (χ0v) is 8.99. The van der Waals surface area contributed by atoms with Crippen LogP contribution in [0.5, 0.6) is 0 Å². The molecule has 84 valence electrons. The number of nitrogens with zero attached hydrogens (tertiary/aromatic N) is 1. The summed E-state index contributed by atoms with van der Waals surface area (Å²) >= 11 is 0. The van der Waals surface area contributed by atoms with E-state index >= 15 is 0 Å². The Morgan fingerprint density at radius 1 is 1.47 bits per heavy atom. The first-order valence-corrected chi connectivity index (χ1v) is 4.31. The first-order chi connectivity index (χ1) is 7.11. The number of hydrogen-bond donors (Lipinski definition) is 0. The van der Waals surface area contributed by atoms with E-state index < -0.39 is 5.97 Å². The lowest BCUT2D eigenvalue weighted by atomic mass is 10.3. The number of hydrogen-bond acceptors (Lipinski definition) is 4. The number of terminal acetylenes is 1. The highest BCUT2D eigenvalue weighted by molar-refractivity contribution is 5.78. The Bertz CT molecular complexity index is 244. The fourth-order valence-corrected chi connectivity index (χ4v) is 0.691. The maximum Gasteiger partial charge on any atom is 0.344 e. The van der Waals surface area contributed by atoms with E-state index in [1.54, 1.807) is 0 Å². The van der Waals surface area contributed by atoms with Gasteiger partial charge < -0.3 is 9.63 Å². The first-order valence-electron chi connectivity index (χ1n) is 4.31. The van der Waals surface area contributed by atoms with E-state index in [1.165, 1.54) is 7.05 Å². The third-order valence-corrected chi connectivity index (χ3v) is 1.30. The van der Waals surface area contributed by atoms with Gasteiger partial charge in [-0.15, -0.1) is 6.42 Å². The van der Waals surface area contributed by atoms with E-state index in [-0.39, 0.29) is 12.3 Å². The molecule has 0 fully saturated rings. The summed E-state index contributed by atoms with van der Waals surface area (Å²) in [6, 6.07) is 0. The van der Waals surface area contributed by atoms with Crippen LogP contribution in [0.1, 0.15) is 26.2 Å². The third-order valence-electron chi connectivity index (χ3n) is 1.30. The van der Waals surface area contributed by atoms with Crippen LogP contribution in [0, 0.1) is 12.3 Å². The summed E-state index contributed by atoms with van der Waals surface area (Å²) in [5, 5.41) is 0.920. The smallest absolute Gasteiger partial charge is 0.337 e. The molecule has 5 nitrogen and oxygen atoms in total. The van der Waals surface area contributed by atoms with Gasteiger partial charge in [-0.2, -0.15) is 5.06 Å². The van der Waals surface area contributed by atoms with Crippen molar-refractivity contribution in [2.24, 2.45) is 0 Å².